The Hall–Kier alpha value is -3.88. The van der Waals surface area contributed by atoms with Crippen molar-refractivity contribution in [2.45, 2.75) is 32.6 Å². The highest BCUT2D eigenvalue weighted by Gasteiger charge is 2.26. The zero-order valence-corrected chi connectivity index (χ0v) is 18.5. The molecular weight excluding hydrogens is 423 g/mol. The van der Waals surface area contributed by atoms with E-state index in [0.29, 0.717) is 35.4 Å². The monoisotopic (exact) mass is 448 g/mol. The van der Waals surface area contributed by atoms with Crippen molar-refractivity contribution in [2.75, 3.05) is 23.7 Å². The Morgan fingerprint density at radius 2 is 1.94 bits per heavy atom. The maximum atomic E-state index is 13.7. The van der Waals surface area contributed by atoms with Crippen molar-refractivity contribution in [3.63, 3.8) is 0 Å². The van der Waals surface area contributed by atoms with Crippen LogP contribution in [0.3, 0.4) is 0 Å². The van der Waals surface area contributed by atoms with Crippen molar-refractivity contribution in [3.05, 3.63) is 60.3 Å². The lowest BCUT2D eigenvalue weighted by molar-refractivity contribution is -0.130. The molecule has 1 aliphatic heterocycles. The fourth-order valence-corrected chi connectivity index (χ4v) is 3.85. The SMILES string of the molecule is CC(=O)Nc1ccc(-c2cc(Nc3cccc(F)c3)nc(C3CCCN(C(C)=O)C3)n2)cn1. The number of nitrogens with zero attached hydrogens (tertiary/aromatic N) is 4. The molecule has 3 heterocycles. The van der Waals surface area contributed by atoms with Gasteiger partial charge < -0.3 is 15.5 Å². The highest BCUT2D eigenvalue weighted by molar-refractivity contribution is 5.87. The number of carbonyl (C=O) groups excluding carboxylic acids is 2. The molecular formula is C24H25FN6O2. The van der Waals surface area contributed by atoms with Gasteiger partial charge in [0.15, 0.2) is 0 Å². The third kappa shape index (κ3) is 5.68. The molecule has 1 atom stereocenters. The van der Waals surface area contributed by atoms with Crippen LogP contribution in [0.25, 0.3) is 11.3 Å². The average molecular weight is 449 g/mol. The van der Waals surface area contributed by atoms with Gasteiger partial charge in [0.25, 0.3) is 0 Å². The number of piperidine rings is 1. The van der Waals surface area contributed by atoms with Crippen molar-refractivity contribution in [1.29, 1.82) is 0 Å². The molecule has 1 aromatic carbocycles. The molecule has 0 aliphatic carbocycles. The smallest absolute Gasteiger partial charge is 0.222 e. The van der Waals surface area contributed by atoms with E-state index >= 15 is 0 Å². The highest BCUT2D eigenvalue weighted by Crippen LogP contribution is 2.29. The van der Waals surface area contributed by atoms with Crippen molar-refractivity contribution < 1.29 is 14.0 Å². The molecule has 2 aromatic heterocycles. The van der Waals surface area contributed by atoms with Gasteiger partial charge >= 0.3 is 0 Å². The third-order valence-corrected chi connectivity index (χ3v) is 5.44. The van der Waals surface area contributed by atoms with Crippen molar-refractivity contribution in [3.8, 4) is 11.3 Å². The predicted octanol–water partition coefficient (Wildman–Crippen LogP) is 4.11. The second-order valence-corrected chi connectivity index (χ2v) is 8.05. The molecule has 0 spiro atoms. The first-order chi connectivity index (χ1) is 15.9. The molecule has 1 saturated heterocycles. The van der Waals surface area contributed by atoms with Crippen LogP contribution in [0, 0.1) is 5.82 Å². The normalized spacial score (nSPS) is 15.7. The van der Waals surface area contributed by atoms with Gasteiger partial charge in [0, 0.05) is 56.4 Å². The van der Waals surface area contributed by atoms with Gasteiger partial charge in [0.05, 0.1) is 5.69 Å². The first-order valence-corrected chi connectivity index (χ1v) is 10.8. The number of nitrogens with one attached hydrogen (secondary N) is 2. The number of pyridine rings is 1. The van der Waals surface area contributed by atoms with Crippen LogP contribution in [0.2, 0.25) is 0 Å². The van der Waals surface area contributed by atoms with E-state index in [1.807, 2.05) is 11.0 Å². The Labute approximate surface area is 191 Å². The van der Waals surface area contributed by atoms with Crippen LogP contribution in [-0.2, 0) is 9.59 Å². The van der Waals surface area contributed by atoms with Crippen LogP contribution < -0.4 is 10.6 Å². The Balaban J connectivity index is 1.69. The molecule has 1 aliphatic rings. The van der Waals surface area contributed by atoms with Crippen LogP contribution >= 0.6 is 0 Å². The lowest BCUT2D eigenvalue weighted by Crippen LogP contribution is -2.38. The molecule has 0 saturated carbocycles. The largest absolute Gasteiger partial charge is 0.342 e. The molecule has 170 valence electrons. The Morgan fingerprint density at radius 3 is 2.64 bits per heavy atom. The van der Waals surface area contributed by atoms with Crippen molar-refractivity contribution >= 4 is 29.1 Å². The minimum absolute atomic E-state index is 0.0118. The molecule has 0 bridgehead atoms. The number of hydrogen-bond donors (Lipinski definition) is 2. The van der Waals surface area contributed by atoms with E-state index in [2.05, 4.69) is 15.6 Å². The van der Waals surface area contributed by atoms with Crippen LogP contribution in [0.1, 0.15) is 38.4 Å². The summed E-state index contributed by atoms with van der Waals surface area (Å²) in [5.74, 6) is 1.05. The topological polar surface area (TPSA) is 100 Å². The van der Waals surface area contributed by atoms with E-state index in [1.54, 1.807) is 37.4 Å². The number of benzene rings is 1. The minimum Gasteiger partial charge on any atom is -0.342 e. The quantitative estimate of drug-likeness (QED) is 0.609. The van der Waals surface area contributed by atoms with Gasteiger partial charge in [-0.25, -0.2) is 19.3 Å². The molecule has 33 heavy (non-hydrogen) atoms. The zero-order chi connectivity index (χ0) is 23.4. The van der Waals surface area contributed by atoms with Crippen molar-refractivity contribution in [2.24, 2.45) is 0 Å². The summed E-state index contributed by atoms with van der Waals surface area (Å²) in [7, 11) is 0. The maximum absolute atomic E-state index is 13.7. The number of amides is 2. The summed E-state index contributed by atoms with van der Waals surface area (Å²) in [6.45, 7) is 4.27. The molecule has 2 amide bonds. The number of carbonyl (C=O) groups is 2. The molecule has 0 radical (unpaired) electrons. The molecule has 2 N–H and O–H groups in total. The number of rotatable bonds is 5. The number of halogens is 1. The summed E-state index contributed by atoms with van der Waals surface area (Å²) in [6, 6.07) is 11.4. The minimum atomic E-state index is -0.350. The maximum Gasteiger partial charge on any atom is 0.222 e. The van der Waals surface area contributed by atoms with Crippen LogP contribution in [0.5, 0.6) is 0 Å². The Kier molecular flexibility index (Phi) is 6.58. The molecule has 8 nitrogen and oxygen atoms in total. The summed E-state index contributed by atoms with van der Waals surface area (Å²) in [5.41, 5.74) is 1.95. The van der Waals surface area contributed by atoms with Gasteiger partial charge in [-0.15, -0.1) is 0 Å². The summed E-state index contributed by atoms with van der Waals surface area (Å²) in [6.07, 6.45) is 3.37. The molecule has 1 unspecified atom stereocenters. The number of anilines is 3. The fraction of sp³-hybridized carbons (Fsp3) is 0.292. The third-order valence-electron chi connectivity index (χ3n) is 5.44. The van der Waals surface area contributed by atoms with Gasteiger partial charge in [0.2, 0.25) is 11.8 Å². The van der Waals surface area contributed by atoms with Gasteiger partial charge in [-0.05, 0) is 43.2 Å². The fourth-order valence-electron chi connectivity index (χ4n) is 3.85. The molecule has 1 fully saturated rings. The van der Waals surface area contributed by atoms with Crippen LogP contribution in [-0.4, -0.2) is 44.8 Å². The molecule has 4 rings (SSSR count). The standard InChI is InChI=1S/C24H25FN6O2/c1-15(32)27-22-9-8-17(13-26-22)21-12-23(28-20-7-3-6-19(25)11-20)30-24(29-21)18-5-4-10-31(14-18)16(2)33/h3,6-9,11-13,18H,4-5,10,14H2,1-2H3,(H,26,27,32)(H,28,29,30). The zero-order valence-electron chi connectivity index (χ0n) is 18.5. The van der Waals surface area contributed by atoms with Gasteiger partial charge in [0.1, 0.15) is 23.3 Å². The van der Waals surface area contributed by atoms with E-state index in [1.165, 1.54) is 19.1 Å². The summed E-state index contributed by atoms with van der Waals surface area (Å²) in [4.78, 5) is 38.8. The average Bonchev–Trinajstić information content (AvgIpc) is 2.79. The van der Waals surface area contributed by atoms with E-state index < -0.39 is 0 Å². The Bertz CT molecular complexity index is 1170. The molecule has 3 aromatic rings. The van der Waals surface area contributed by atoms with Gasteiger partial charge in [-0.2, -0.15) is 0 Å². The predicted molar refractivity (Wildman–Crippen MR) is 123 cm³/mol. The lowest BCUT2D eigenvalue weighted by Gasteiger charge is -2.31. The highest BCUT2D eigenvalue weighted by atomic mass is 19.1. The van der Waals surface area contributed by atoms with Crippen molar-refractivity contribution in [1.82, 2.24) is 19.9 Å². The van der Waals surface area contributed by atoms with Crippen LogP contribution in [0.4, 0.5) is 21.7 Å². The first-order valence-electron chi connectivity index (χ1n) is 10.8. The summed E-state index contributed by atoms with van der Waals surface area (Å²) in [5, 5.41) is 5.80. The van der Waals surface area contributed by atoms with E-state index in [4.69, 9.17) is 9.97 Å². The molecule has 9 heteroatoms. The summed E-state index contributed by atoms with van der Waals surface area (Å²) < 4.78 is 13.7. The van der Waals surface area contributed by atoms with Gasteiger partial charge in [-0.1, -0.05) is 6.07 Å². The summed E-state index contributed by atoms with van der Waals surface area (Å²) >= 11 is 0. The van der Waals surface area contributed by atoms with E-state index in [9.17, 15) is 14.0 Å². The van der Waals surface area contributed by atoms with Crippen LogP contribution in [0.15, 0.2) is 48.7 Å². The second-order valence-electron chi connectivity index (χ2n) is 8.05. The number of likely N-dealkylation sites (tertiary alicyclic amines) is 1. The van der Waals surface area contributed by atoms with E-state index in [-0.39, 0.29) is 23.5 Å². The van der Waals surface area contributed by atoms with E-state index in [0.717, 1.165) is 24.9 Å². The first kappa shape index (κ1) is 22.3. The number of aromatic nitrogens is 3. The Morgan fingerprint density at radius 1 is 1.09 bits per heavy atom. The second kappa shape index (κ2) is 9.72. The number of hydrogen-bond acceptors (Lipinski definition) is 6. The lowest BCUT2D eigenvalue weighted by atomic mass is 9.97. The van der Waals surface area contributed by atoms with Gasteiger partial charge in [-0.3, -0.25) is 9.59 Å².